The Balaban J connectivity index is 1.31. The van der Waals surface area contributed by atoms with E-state index in [1.54, 1.807) is 36.2 Å². The lowest BCUT2D eigenvalue weighted by molar-refractivity contribution is -0.123. The Hall–Kier alpha value is -5.26. The summed E-state index contributed by atoms with van der Waals surface area (Å²) in [7, 11) is 0. The molecule has 12 heteroatoms. The third-order valence-corrected chi connectivity index (χ3v) is 7.32. The van der Waals surface area contributed by atoms with E-state index in [2.05, 4.69) is 31.0 Å². The van der Waals surface area contributed by atoms with Gasteiger partial charge in [-0.2, -0.15) is 15.4 Å². The van der Waals surface area contributed by atoms with E-state index in [1.807, 2.05) is 36.4 Å². The highest BCUT2D eigenvalue weighted by Gasteiger charge is 2.36. The Kier molecular flexibility index (Phi) is 7.50. The lowest BCUT2D eigenvalue weighted by Gasteiger charge is -2.38. The highest BCUT2D eigenvalue weighted by Crippen LogP contribution is 2.25. The number of ether oxygens (including phenoxy) is 2. The van der Waals surface area contributed by atoms with Crippen LogP contribution in [0.4, 0.5) is 0 Å². The van der Waals surface area contributed by atoms with Crippen molar-refractivity contribution in [3.8, 4) is 22.6 Å². The van der Waals surface area contributed by atoms with Gasteiger partial charge < -0.3 is 25.0 Å². The largest absolute Gasteiger partial charge is 0.488 e. The molecule has 3 aliphatic rings. The molecule has 2 aromatic heterocycles. The molecule has 3 N–H and O–H groups in total. The number of H-pyrrole nitrogens is 1. The summed E-state index contributed by atoms with van der Waals surface area (Å²) in [4.78, 5) is 45.1. The van der Waals surface area contributed by atoms with Crippen molar-refractivity contribution in [1.29, 1.82) is 0 Å². The van der Waals surface area contributed by atoms with Gasteiger partial charge in [0.05, 0.1) is 17.3 Å². The summed E-state index contributed by atoms with van der Waals surface area (Å²) in [5.41, 5.74) is 3.49. The quantitative estimate of drug-likeness (QED) is 0.317. The van der Waals surface area contributed by atoms with Crippen LogP contribution in [0.3, 0.4) is 0 Å². The smallest absolute Gasteiger partial charge is 0.276 e. The summed E-state index contributed by atoms with van der Waals surface area (Å²) in [5.74, 6) is 0.272. The zero-order valence-corrected chi connectivity index (χ0v) is 22.9. The van der Waals surface area contributed by atoms with Crippen LogP contribution in [0.25, 0.3) is 11.1 Å². The van der Waals surface area contributed by atoms with E-state index in [0.29, 0.717) is 47.8 Å². The topological polar surface area (TPSA) is 151 Å². The number of likely N-dealkylation sites (tertiary alicyclic amines) is 1. The van der Waals surface area contributed by atoms with Crippen molar-refractivity contribution < 1.29 is 23.9 Å². The first-order valence-electron chi connectivity index (χ1n) is 13.6. The number of hydrogen-bond acceptors (Lipinski definition) is 8. The minimum Gasteiger partial charge on any atom is -0.488 e. The molecule has 0 radical (unpaired) electrons. The van der Waals surface area contributed by atoms with Gasteiger partial charge in [0.25, 0.3) is 17.7 Å². The van der Waals surface area contributed by atoms with E-state index in [0.717, 1.165) is 11.1 Å². The number of nitrogens with zero attached hydrogens (tertiary/aromatic N) is 4. The molecule has 3 amide bonds. The fourth-order valence-electron chi connectivity index (χ4n) is 5.03. The summed E-state index contributed by atoms with van der Waals surface area (Å²) in [6.45, 7) is 2.55. The predicted octanol–water partition coefficient (Wildman–Crippen LogP) is 2.28. The lowest BCUT2D eigenvalue weighted by atomic mass is 10.00. The molecule has 7 rings (SSSR count). The van der Waals surface area contributed by atoms with Gasteiger partial charge >= 0.3 is 0 Å². The molecule has 214 valence electrons. The van der Waals surface area contributed by atoms with Gasteiger partial charge in [-0.25, -0.2) is 0 Å². The summed E-state index contributed by atoms with van der Waals surface area (Å²) < 4.78 is 12.1. The first kappa shape index (κ1) is 26.9. The molecule has 0 spiro atoms. The molecular formula is C30H29N7O5. The molecule has 0 aliphatic carbocycles. The Morgan fingerprint density at radius 2 is 1.81 bits per heavy atom. The average molecular weight is 568 g/mol. The number of amides is 3. The third kappa shape index (κ3) is 5.92. The standard InChI is InChI=1S/C30H29N7O5/c1-18-28(35-36-34-18)30(40)37-10-9-26-25(16-37)33-29(39)22-11-21(14-31-15-22)20-3-2-4-24(12-20)41-17-27(38)32-13-19-5-7-23(42-26)8-6-19/h2-8,11-12,14-15,25-26H,9-10,13,16-17H2,1H3,(H,32,38)(H,33,39)(H,34,35,36)/t25-,26+/m1/s1. The van der Waals surface area contributed by atoms with E-state index >= 15 is 0 Å². The highest BCUT2D eigenvalue weighted by molar-refractivity contribution is 5.96. The Labute approximate surface area is 241 Å². The molecule has 3 aliphatic heterocycles. The van der Waals surface area contributed by atoms with Crippen LogP contribution in [-0.4, -0.2) is 74.9 Å². The van der Waals surface area contributed by atoms with Gasteiger partial charge in [0.2, 0.25) is 0 Å². The van der Waals surface area contributed by atoms with Crippen molar-refractivity contribution in [3.05, 3.63) is 89.5 Å². The van der Waals surface area contributed by atoms with Crippen molar-refractivity contribution in [2.75, 3.05) is 19.7 Å². The van der Waals surface area contributed by atoms with Crippen molar-refractivity contribution in [1.82, 2.24) is 35.9 Å². The number of pyridine rings is 1. The maximum atomic E-state index is 13.5. The molecule has 1 saturated heterocycles. The van der Waals surface area contributed by atoms with E-state index in [9.17, 15) is 14.4 Å². The van der Waals surface area contributed by atoms with Crippen LogP contribution < -0.4 is 20.1 Å². The molecule has 2 atom stereocenters. The summed E-state index contributed by atoms with van der Waals surface area (Å²) >= 11 is 0. The number of piperidine rings is 1. The third-order valence-electron chi connectivity index (χ3n) is 7.32. The number of aromatic nitrogens is 4. The Morgan fingerprint density at radius 3 is 2.62 bits per heavy atom. The molecule has 4 aromatic rings. The number of aryl methyl sites for hydroxylation is 1. The van der Waals surface area contributed by atoms with Crippen LogP contribution in [0.1, 0.15) is 38.5 Å². The minimum atomic E-state index is -0.521. The van der Waals surface area contributed by atoms with E-state index in [1.165, 1.54) is 6.20 Å². The molecule has 6 bridgehead atoms. The SMILES string of the molecule is Cc1n[nH]nc1C(=O)N1CC[C@@H]2Oc3ccc(cc3)CNC(=O)COc3cccc(c3)-c3cncc(c3)C(=O)N[C@@H]2C1. The van der Waals surface area contributed by atoms with Crippen LogP contribution in [0, 0.1) is 6.92 Å². The fraction of sp³-hybridized carbons (Fsp3) is 0.267. The number of benzene rings is 2. The molecule has 0 unspecified atom stereocenters. The van der Waals surface area contributed by atoms with Crippen molar-refractivity contribution in [3.63, 3.8) is 0 Å². The van der Waals surface area contributed by atoms with E-state index in [4.69, 9.17) is 9.47 Å². The Morgan fingerprint density at radius 1 is 0.976 bits per heavy atom. The monoisotopic (exact) mass is 567 g/mol. The predicted molar refractivity (Wildman–Crippen MR) is 151 cm³/mol. The number of fused-ring (bicyclic) bond motifs is 7. The van der Waals surface area contributed by atoms with Gasteiger partial charge in [0.1, 0.15) is 17.6 Å². The number of aromatic amines is 1. The maximum Gasteiger partial charge on any atom is 0.276 e. The summed E-state index contributed by atoms with van der Waals surface area (Å²) in [5, 5.41) is 16.4. The normalized spacial score (nSPS) is 19.0. The first-order valence-corrected chi connectivity index (χ1v) is 13.6. The molecule has 12 nitrogen and oxygen atoms in total. The molecular weight excluding hydrogens is 538 g/mol. The van der Waals surface area contributed by atoms with Gasteiger partial charge in [-0.1, -0.05) is 24.3 Å². The second-order valence-electron chi connectivity index (χ2n) is 10.2. The van der Waals surface area contributed by atoms with Crippen LogP contribution in [0.2, 0.25) is 0 Å². The summed E-state index contributed by atoms with van der Waals surface area (Å²) in [6, 6.07) is 15.9. The molecule has 1 fully saturated rings. The second kappa shape index (κ2) is 11.7. The Bertz CT molecular complexity index is 1620. The fourth-order valence-corrected chi connectivity index (χ4v) is 5.03. The van der Waals surface area contributed by atoms with Gasteiger partial charge in [0.15, 0.2) is 12.3 Å². The van der Waals surface area contributed by atoms with Gasteiger partial charge in [-0.05, 0) is 48.4 Å². The van der Waals surface area contributed by atoms with E-state index < -0.39 is 12.1 Å². The molecule has 2 aromatic carbocycles. The van der Waals surface area contributed by atoms with Gasteiger partial charge in [-0.15, -0.1) is 0 Å². The van der Waals surface area contributed by atoms with Crippen LogP contribution in [0.5, 0.6) is 11.5 Å². The van der Waals surface area contributed by atoms with Crippen LogP contribution >= 0.6 is 0 Å². The lowest BCUT2D eigenvalue weighted by Crippen LogP contribution is -2.58. The number of carbonyl (C=O) groups is 3. The molecule has 5 heterocycles. The summed E-state index contributed by atoms with van der Waals surface area (Å²) in [6.07, 6.45) is 3.23. The number of carbonyl (C=O) groups excluding carboxylic acids is 3. The molecule has 42 heavy (non-hydrogen) atoms. The second-order valence-corrected chi connectivity index (χ2v) is 10.2. The highest BCUT2D eigenvalue weighted by atomic mass is 16.5. The number of hydrogen-bond donors (Lipinski definition) is 3. The van der Waals surface area contributed by atoms with Crippen LogP contribution in [-0.2, 0) is 11.3 Å². The van der Waals surface area contributed by atoms with Gasteiger partial charge in [-0.3, -0.25) is 19.4 Å². The van der Waals surface area contributed by atoms with Crippen LogP contribution in [0.15, 0.2) is 67.0 Å². The number of nitrogens with one attached hydrogen (secondary N) is 3. The molecule has 0 saturated carbocycles. The van der Waals surface area contributed by atoms with E-state index in [-0.39, 0.29) is 36.6 Å². The maximum absolute atomic E-state index is 13.5. The van der Waals surface area contributed by atoms with Crippen molar-refractivity contribution in [2.24, 2.45) is 0 Å². The van der Waals surface area contributed by atoms with Crippen molar-refractivity contribution in [2.45, 2.75) is 32.0 Å². The van der Waals surface area contributed by atoms with Crippen molar-refractivity contribution >= 4 is 17.7 Å². The van der Waals surface area contributed by atoms with Gasteiger partial charge in [0, 0.05) is 44.0 Å². The zero-order valence-electron chi connectivity index (χ0n) is 22.9. The zero-order chi connectivity index (χ0) is 29.1. The average Bonchev–Trinajstić information content (AvgIpc) is 3.45. The minimum absolute atomic E-state index is 0.135. The number of rotatable bonds is 1. The first-order chi connectivity index (χ1) is 20.4.